The molecule has 1 saturated heterocycles. The van der Waals surface area contributed by atoms with Crippen molar-refractivity contribution in [3.05, 3.63) is 65.6 Å². The Kier molecular flexibility index (Phi) is 5.17. The maximum atomic E-state index is 13.1. The van der Waals surface area contributed by atoms with Gasteiger partial charge in [-0.1, -0.05) is 18.2 Å². The Bertz CT molecular complexity index is 1090. The van der Waals surface area contributed by atoms with Gasteiger partial charge < -0.3 is 14.0 Å². The van der Waals surface area contributed by atoms with Crippen molar-refractivity contribution in [2.24, 2.45) is 0 Å². The van der Waals surface area contributed by atoms with Gasteiger partial charge in [-0.25, -0.2) is 4.98 Å². The van der Waals surface area contributed by atoms with E-state index in [-0.39, 0.29) is 12.5 Å². The second-order valence-electron chi connectivity index (χ2n) is 7.98. The third-order valence-electron chi connectivity index (χ3n) is 5.24. The molecule has 0 N–H and O–H groups in total. The number of benzene rings is 1. The lowest BCUT2D eigenvalue weighted by Gasteiger charge is -2.37. The number of carbonyl (C=O) groups is 1. The zero-order valence-electron chi connectivity index (χ0n) is 16.9. The van der Waals surface area contributed by atoms with E-state index in [4.69, 9.17) is 4.74 Å². The fraction of sp³-hybridized carbons (Fsp3) is 0.364. The molecule has 152 valence electrons. The predicted molar refractivity (Wildman–Crippen MR) is 114 cm³/mol. The predicted octanol–water partition coefficient (Wildman–Crippen LogP) is 3.20. The van der Waals surface area contributed by atoms with Crippen molar-refractivity contribution < 1.29 is 13.7 Å². The van der Waals surface area contributed by atoms with Crippen molar-refractivity contribution in [2.75, 3.05) is 18.8 Å². The van der Waals surface area contributed by atoms with Crippen LogP contribution in [0.25, 0.3) is 5.65 Å². The standard InChI is InChI=1S/C22H25N3O3S/c1-16-7-6-10-24-13-17(23-20(16)24)14-28-19-9-5-4-8-18(19)21(26)25-11-12-29(27)22(2,3)15-25/h4-10,13H,11-12,14-15H2,1-3H3/t29-/m0/s1. The van der Waals surface area contributed by atoms with Crippen LogP contribution in [0.4, 0.5) is 0 Å². The van der Waals surface area contributed by atoms with Gasteiger partial charge in [-0.3, -0.25) is 9.00 Å². The van der Waals surface area contributed by atoms with Gasteiger partial charge in [0.05, 0.1) is 16.0 Å². The molecule has 0 aliphatic carbocycles. The first-order valence-electron chi connectivity index (χ1n) is 9.68. The fourth-order valence-electron chi connectivity index (χ4n) is 3.62. The number of rotatable bonds is 4. The molecule has 7 heteroatoms. The Balaban J connectivity index is 1.53. The van der Waals surface area contributed by atoms with Gasteiger partial charge in [-0.05, 0) is 44.5 Å². The normalized spacial score (nSPS) is 18.7. The average molecular weight is 412 g/mol. The van der Waals surface area contributed by atoms with E-state index in [1.54, 1.807) is 11.0 Å². The molecule has 0 saturated carbocycles. The minimum atomic E-state index is -0.923. The molecule has 3 aromatic rings. The van der Waals surface area contributed by atoms with Crippen LogP contribution in [0.2, 0.25) is 0 Å². The van der Waals surface area contributed by atoms with Gasteiger partial charge >= 0.3 is 0 Å². The smallest absolute Gasteiger partial charge is 0.257 e. The van der Waals surface area contributed by atoms with Crippen molar-refractivity contribution in [3.63, 3.8) is 0 Å². The minimum Gasteiger partial charge on any atom is -0.486 e. The minimum absolute atomic E-state index is 0.0868. The first-order chi connectivity index (χ1) is 13.8. The van der Waals surface area contributed by atoms with Crippen molar-refractivity contribution in [1.29, 1.82) is 0 Å². The number of imidazole rings is 1. The van der Waals surface area contributed by atoms with E-state index in [1.165, 1.54) is 0 Å². The first kappa shape index (κ1) is 19.6. The molecule has 6 nitrogen and oxygen atoms in total. The molecule has 1 aliphatic heterocycles. The van der Waals surface area contributed by atoms with Crippen molar-refractivity contribution in [3.8, 4) is 5.75 Å². The molecule has 0 spiro atoms. The Morgan fingerprint density at radius 1 is 1.24 bits per heavy atom. The maximum absolute atomic E-state index is 13.1. The monoisotopic (exact) mass is 411 g/mol. The molecule has 0 radical (unpaired) electrons. The molecular weight excluding hydrogens is 386 g/mol. The second kappa shape index (κ2) is 7.63. The zero-order valence-corrected chi connectivity index (χ0v) is 17.7. The SMILES string of the molecule is Cc1cccn2cc(COc3ccccc3C(=O)N3CC[S@](=O)C(C)(C)C3)nc12. The van der Waals surface area contributed by atoms with E-state index in [0.717, 1.165) is 16.9 Å². The third-order valence-corrected chi connectivity index (χ3v) is 7.16. The number of amides is 1. The van der Waals surface area contributed by atoms with Gasteiger partial charge in [0.25, 0.3) is 5.91 Å². The topological polar surface area (TPSA) is 63.9 Å². The van der Waals surface area contributed by atoms with Crippen LogP contribution in [0.5, 0.6) is 5.75 Å². The van der Waals surface area contributed by atoms with Gasteiger partial charge in [0.15, 0.2) is 0 Å². The highest BCUT2D eigenvalue weighted by atomic mass is 32.2. The molecule has 29 heavy (non-hydrogen) atoms. The van der Waals surface area contributed by atoms with Crippen molar-refractivity contribution in [1.82, 2.24) is 14.3 Å². The van der Waals surface area contributed by atoms with Gasteiger partial charge in [0.1, 0.15) is 18.0 Å². The third kappa shape index (κ3) is 3.92. The van der Waals surface area contributed by atoms with Crippen LogP contribution in [0.3, 0.4) is 0 Å². The molecule has 4 rings (SSSR count). The molecule has 0 unspecified atom stereocenters. The van der Waals surface area contributed by atoms with E-state index >= 15 is 0 Å². The molecule has 3 heterocycles. The maximum Gasteiger partial charge on any atom is 0.257 e. The summed E-state index contributed by atoms with van der Waals surface area (Å²) in [6.45, 7) is 7.15. The number of para-hydroxylation sites is 1. The zero-order chi connectivity index (χ0) is 20.6. The summed E-state index contributed by atoms with van der Waals surface area (Å²) < 4.78 is 19.7. The Hall–Kier alpha value is -2.67. The Morgan fingerprint density at radius 3 is 2.79 bits per heavy atom. The van der Waals surface area contributed by atoms with Crippen molar-refractivity contribution in [2.45, 2.75) is 32.1 Å². The van der Waals surface area contributed by atoms with E-state index in [1.807, 2.05) is 67.9 Å². The summed E-state index contributed by atoms with van der Waals surface area (Å²) in [7, 11) is -0.923. The van der Waals surface area contributed by atoms with E-state index in [0.29, 0.717) is 30.2 Å². The summed E-state index contributed by atoms with van der Waals surface area (Å²) in [6, 6.07) is 11.3. The van der Waals surface area contributed by atoms with Crippen LogP contribution in [0.1, 0.15) is 35.5 Å². The first-order valence-corrected chi connectivity index (χ1v) is 11.0. The average Bonchev–Trinajstić information content (AvgIpc) is 3.13. The van der Waals surface area contributed by atoms with Crippen LogP contribution in [0.15, 0.2) is 48.8 Å². The molecule has 1 aromatic carbocycles. The molecule has 0 bridgehead atoms. The number of hydrogen-bond acceptors (Lipinski definition) is 4. The number of hydrogen-bond donors (Lipinski definition) is 0. The molecule has 1 atom stereocenters. The molecule has 1 amide bonds. The lowest BCUT2D eigenvalue weighted by Crippen LogP contribution is -2.52. The van der Waals surface area contributed by atoms with Gasteiger partial charge in [0, 0.05) is 42.0 Å². The van der Waals surface area contributed by atoms with Crippen LogP contribution in [0, 0.1) is 6.92 Å². The highest BCUT2D eigenvalue weighted by molar-refractivity contribution is 7.86. The molecule has 1 aliphatic rings. The van der Waals surface area contributed by atoms with Crippen molar-refractivity contribution >= 4 is 22.4 Å². The number of carbonyl (C=O) groups excluding carboxylic acids is 1. The van der Waals surface area contributed by atoms with E-state index in [2.05, 4.69) is 4.98 Å². The molecular formula is C22H25N3O3S. The lowest BCUT2D eigenvalue weighted by atomic mass is 10.1. The molecule has 1 fully saturated rings. The van der Waals surface area contributed by atoms with Gasteiger partial charge in [-0.2, -0.15) is 0 Å². The van der Waals surface area contributed by atoms with Gasteiger partial charge in [0.2, 0.25) is 0 Å². The van der Waals surface area contributed by atoms with Crippen LogP contribution < -0.4 is 4.74 Å². The van der Waals surface area contributed by atoms with E-state index < -0.39 is 15.5 Å². The lowest BCUT2D eigenvalue weighted by molar-refractivity contribution is 0.0741. The Morgan fingerprint density at radius 2 is 2.03 bits per heavy atom. The van der Waals surface area contributed by atoms with Gasteiger partial charge in [-0.15, -0.1) is 0 Å². The summed E-state index contributed by atoms with van der Waals surface area (Å²) in [5.74, 6) is 0.953. The fourth-order valence-corrected chi connectivity index (χ4v) is 4.86. The quantitative estimate of drug-likeness (QED) is 0.661. The summed E-state index contributed by atoms with van der Waals surface area (Å²) in [6.07, 6.45) is 3.90. The number of fused-ring (bicyclic) bond motifs is 1. The van der Waals surface area contributed by atoms with Crippen LogP contribution in [-0.2, 0) is 17.4 Å². The summed E-state index contributed by atoms with van der Waals surface area (Å²) >= 11 is 0. The van der Waals surface area contributed by atoms with Crippen LogP contribution in [-0.4, -0.2) is 48.0 Å². The summed E-state index contributed by atoms with van der Waals surface area (Å²) in [5, 5.41) is 0. The second-order valence-corrected chi connectivity index (χ2v) is 10.2. The summed E-state index contributed by atoms with van der Waals surface area (Å²) in [5.41, 5.74) is 3.32. The highest BCUT2D eigenvalue weighted by Gasteiger charge is 2.36. The number of aryl methyl sites for hydroxylation is 1. The van der Waals surface area contributed by atoms with E-state index in [9.17, 15) is 9.00 Å². The number of ether oxygens (including phenoxy) is 1. The largest absolute Gasteiger partial charge is 0.486 e. The number of pyridine rings is 1. The number of aromatic nitrogens is 2. The molecule has 2 aromatic heterocycles. The van der Waals surface area contributed by atoms with Crippen LogP contribution >= 0.6 is 0 Å². The Labute approximate surface area is 173 Å². The highest BCUT2D eigenvalue weighted by Crippen LogP contribution is 2.26. The summed E-state index contributed by atoms with van der Waals surface area (Å²) in [4.78, 5) is 19.5. The number of nitrogens with zero attached hydrogens (tertiary/aromatic N) is 3.